The summed E-state index contributed by atoms with van der Waals surface area (Å²) >= 11 is 0. The highest BCUT2D eigenvalue weighted by molar-refractivity contribution is 5.75. The van der Waals surface area contributed by atoms with Gasteiger partial charge in [0.2, 0.25) is 0 Å². The molecule has 1 fully saturated rings. The summed E-state index contributed by atoms with van der Waals surface area (Å²) in [5.41, 5.74) is 0.128. The van der Waals surface area contributed by atoms with Gasteiger partial charge in [0.15, 0.2) is 0 Å². The zero-order chi connectivity index (χ0) is 10.7. The number of nitrogens with zero attached hydrogens (tertiary/aromatic N) is 1. The van der Waals surface area contributed by atoms with Crippen LogP contribution in [-0.2, 0) is 16.0 Å². The SMILES string of the molecule is O=C(O)C1(Cc2cnoc2)CCOCC1. The van der Waals surface area contributed by atoms with Crippen LogP contribution in [0.2, 0.25) is 0 Å². The van der Waals surface area contributed by atoms with Gasteiger partial charge >= 0.3 is 5.97 Å². The van der Waals surface area contributed by atoms with E-state index in [0.29, 0.717) is 32.5 Å². The topological polar surface area (TPSA) is 72.6 Å². The van der Waals surface area contributed by atoms with Crippen molar-refractivity contribution in [1.29, 1.82) is 0 Å². The number of carbonyl (C=O) groups is 1. The van der Waals surface area contributed by atoms with E-state index < -0.39 is 11.4 Å². The van der Waals surface area contributed by atoms with E-state index in [0.717, 1.165) is 5.56 Å². The molecule has 1 aliphatic rings. The van der Waals surface area contributed by atoms with Gasteiger partial charge in [-0.1, -0.05) is 5.16 Å². The minimum atomic E-state index is -0.757. The molecule has 5 nitrogen and oxygen atoms in total. The summed E-state index contributed by atoms with van der Waals surface area (Å²) in [6.45, 7) is 1.02. The maximum atomic E-state index is 11.3. The number of ether oxygens (including phenoxy) is 1. The van der Waals surface area contributed by atoms with Gasteiger partial charge in [0, 0.05) is 18.8 Å². The standard InChI is InChI=1S/C10H13NO4/c12-9(13)10(1-3-14-4-2-10)5-8-6-11-15-7-8/h6-7H,1-5H2,(H,12,13). The van der Waals surface area contributed by atoms with Crippen molar-refractivity contribution < 1.29 is 19.2 Å². The molecule has 0 saturated carbocycles. The molecule has 0 atom stereocenters. The fourth-order valence-electron chi connectivity index (χ4n) is 1.93. The molecule has 0 radical (unpaired) electrons. The smallest absolute Gasteiger partial charge is 0.310 e. The number of aromatic nitrogens is 1. The minimum Gasteiger partial charge on any atom is -0.481 e. The molecule has 2 rings (SSSR count). The largest absolute Gasteiger partial charge is 0.481 e. The monoisotopic (exact) mass is 211 g/mol. The second-order valence-corrected chi connectivity index (χ2v) is 3.91. The molecule has 0 spiro atoms. The fourth-order valence-corrected chi connectivity index (χ4v) is 1.93. The predicted molar refractivity (Wildman–Crippen MR) is 50.3 cm³/mol. The van der Waals surface area contributed by atoms with Gasteiger partial charge in [-0.15, -0.1) is 0 Å². The van der Waals surface area contributed by atoms with Crippen LogP contribution in [0.25, 0.3) is 0 Å². The number of aliphatic carboxylic acids is 1. The molecule has 1 aromatic heterocycles. The van der Waals surface area contributed by atoms with Gasteiger partial charge in [-0.25, -0.2) is 0 Å². The molecular weight excluding hydrogens is 198 g/mol. The Kier molecular flexibility index (Phi) is 2.73. The van der Waals surface area contributed by atoms with E-state index in [1.165, 1.54) is 6.26 Å². The van der Waals surface area contributed by atoms with Gasteiger partial charge in [0.05, 0.1) is 11.6 Å². The Morgan fingerprint density at radius 1 is 1.53 bits per heavy atom. The summed E-state index contributed by atoms with van der Waals surface area (Å²) in [5.74, 6) is -0.757. The number of hydrogen-bond donors (Lipinski definition) is 1. The van der Waals surface area contributed by atoms with E-state index in [4.69, 9.17) is 9.26 Å². The average molecular weight is 211 g/mol. The zero-order valence-corrected chi connectivity index (χ0v) is 8.31. The van der Waals surface area contributed by atoms with Crippen LogP contribution >= 0.6 is 0 Å². The summed E-state index contributed by atoms with van der Waals surface area (Å²) in [5, 5.41) is 12.9. The first-order chi connectivity index (χ1) is 7.23. The molecule has 15 heavy (non-hydrogen) atoms. The van der Waals surface area contributed by atoms with E-state index in [2.05, 4.69) is 5.16 Å². The van der Waals surface area contributed by atoms with Crippen LogP contribution < -0.4 is 0 Å². The third-order valence-electron chi connectivity index (χ3n) is 2.93. The van der Waals surface area contributed by atoms with Crippen molar-refractivity contribution in [3.8, 4) is 0 Å². The quantitative estimate of drug-likeness (QED) is 0.810. The van der Waals surface area contributed by atoms with Crippen LogP contribution in [0.5, 0.6) is 0 Å². The van der Waals surface area contributed by atoms with Crippen molar-refractivity contribution >= 4 is 5.97 Å². The summed E-state index contributed by atoms with van der Waals surface area (Å²) < 4.78 is 9.90. The molecule has 0 bridgehead atoms. The highest BCUT2D eigenvalue weighted by atomic mass is 16.5. The minimum absolute atomic E-state index is 0.467. The Morgan fingerprint density at radius 2 is 2.27 bits per heavy atom. The number of carboxylic acid groups (broad SMARTS) is 1. The molecule has 0 amide bonds. The van der Waals surface area contributed by atoms with Crippen LogP contribution in [0.3, 0.4) is 0 Å². The van der Waals surface area contributed by atoms with Crippen LogP contribution in [-0.4, -0.2) is 29.4 Å². The second kappa shape index (κ2) is 4.02. The lowest BCUT2D eigenvalue weighted by Crippen LogP contribution is -2.39. The third-order valence-corrected chi connectivity index (χ3v) is 2.93. The lowest BCUT2D eigenvalue weighted by molar-refractivity contribution is -0.154. The molecule has 1 aromatic rings. The lowest BCUT2D eigenvalue weighted by Gasteiger charge is -2.32. The van der Waals surface area contributed by atoms with E-state index in [-0.39, 0.29) is 0 Å². The molecule has 1 aliphatic heterocycles. The van der Waals surface area contributed by atoms with Crippen molar-refractivity contribution in [2.45, 2.75) is 19.3 Å². The van der Waals surface area contributed by atoms with Crippen molar-refractivity contribution in [1.82, 2.24) is 5.16 Å². The average Bonchev–Trinajstić information content (AvgIpc) is 2.71. The van der Waals surface area contributed by atoms with Gasteiger partial charge in [-0.05, 0) is 19.3 Å². The molecule has 1 saturated heterocycles. The Balaban J connectivity index is 2.15. The fraction of sp³-hybridized carbons (Fsp3) is 0.600. The van der Waals surface area contributed by atoms with Gasteiger partial charge in [-0.2, -0.15) is 0 Å². The number of carboxylic acids is 1. The van der Waals surface area contributed by atoms with Crippen LogP contribution in [0.15, 0.2) is 17.0 Å². The van der Waals surface area contributed by atoms with Crippen molar-refractivity contribution in [3.05, 3.63) is 18.0 Å². The van der Waals surface area contributed by atoms with Crippen LogP contribution in [0.4, 0.5) is 0 Å². The molecule has 5 heteroatoms. The zero-order valence-electron chi connectivity index (χ0n) is 8.31. The number of hydrogen-bond acceptors (Lipinski definition) is 4. The summed E-state index contributed by atoms with van der Waals surface area (Å²) in [6, 6.07) is 0. The summed E-state index contributed by atoms with van der Waals surface area (Å²) in [7, 11) is 0. The third kappa shape index (κ3) is 2.02. The Labute approximate surface area is 87.0 Å². The van der Waals surface area contributed by atoms with Crippen molar-refractivity contribution in [2.75, 3.05) is 13.2 Å². The van der Waals surface area contributed by atoms with Gasteiger partial charge in [0.1, 0.15) is 6.26 Å². The molecule has 82 valence electrons. The summed E-state index contributed by atoms with van der Waals surface area (Å²) in [6.07, 6.45) is 4.64. The lowest BCUT2D eigenvalue weighted by atomic mass is 9.76. The predicted octanol–water partition coefficient (Wildman–Crippen LogP) is 1.10. The second-order valence-electron chi connectivity index (χ2n) is 3.91. The van der Waals surface area contributed by atoms with Crippen LogP contribution in [0.1, 0.15) is 18.4 Å². The maximum absolute atomic E-state index is 11.3. The van der Waals surface area contributed by atoms with Gasteiger partial charge < -0.3 is 14.4 Å². The highest BCUT2D eigenvalue weighted by Gasteiger charge is 2.40. The first-order valence-corrected chi connectivity index (χ1v) is 4.92. The molecule has 0 aliphatic carbocycles. The van der Waals surface area contributed by atoms with E-state index in [1.807, 2.05) is 0 Å². The van der Waals surface area contributed by atoms with Crippen molar-refractivity contribution in [2.24, 2.45) is 5.41 Å². The van der Waals surface area contributed by atoms with E-state index in [9.17, 15) is 9.90 Å². The van der Waals surface area contributed by atoms with E-state index in [1.54, 1.807) is 6.20 Å². The Hall–Kier alpha value is -1.36. The Bertz CT molecular complexity index is 327. The molecular formula is C10H13NO4. The molecule has 0 aromatic carbocycles. The van der Waals surface area contributed by atoms with Crippen molar-refractivity contribution in [3.63, 3.8) is 0 Å². The van der Waals surface area contributed by atoms with E-state index >= 15 is 0 Å². The van der Waals surface area contributed by atoms with Gasteiger partial charge in [-0.3, -0.25) is 4.79 Å². The maximum Gasteiger partial charge on any atom is 0.310 e. The molecule has 0 unspecified atom stereocenters. The Morgan fingerprint density at radius 3 is 2.80 bits per heavy atom. The van der Waals surface area contributed by atoms with Crippen LogP contribution in [0, 0.1) is 5.41 Å². The number of rotatable bonds is 3. The first kappa shape index (κ1) is 10.2. The first-order valence-electron chi connectivity index (χ1n) is 4.92. The normalized spacial score (nSPS) is 20.0. The highest BCUT2D eigenvalue weighted by Crippen LogP contribution is 2.34. The molecule has 1 N–H and O–H groups in total. The van der Waals surface area contributed by atoms with Gasteiger partial charge in [0.25, 0.3) is 0 Å². The summed E-state index contributed by atoms with van der Waals surface area (Å²) in [4.78, 5) is 11.3. The molecule has 2 heterocycles.